The van der Waals surface area contributed by atoms with E-state index < -0.39 is 0 Å². The summed E-state index contributed by atoms with van der Waals surface area (Å²) in [6.07, 6.45) is 3.71. The molecule has 1 aromatic rings. The highest BCUT2D eigenvalue weighted by Gasteiger charge is 2.25. The van der Waals surface area contributed by atoms with Crippen LogP contribution in [0.2, 0.25) is 5.28 Å². The molecular weight excluding hydrogens is 238 g/mol. The molecule has 0 spiro atoms. The van der Waals surface area contributed by atoms with Crippen molar-refractivity contribution in [3.8, 4) is 0 Å². The normalized spacial score (nSPS) is 14.8. The Kier molecular flexibility index (Phi) is 3.99. The van der Waals surface area contributed by atoms with Gasteiger partial charge >= 0.3 is 0 Å². The van der Waals surface area contributed by atoms with Gasteiger partial charge in [0, 0.05) is 20.1 Å². The fourth-order valence-electron chi connectivity index (χ4n) is 1.75. The molecule has 0 aromatic carbocycles. The molecule has 1 heterocycles. The van der Waals surface area contributed by atoms with Crippen LogP contribution in [0.4, 0.5) is 11.9 Å². The van der Waals surface area contributed by atoms with E-state index in [4.69, 9.17) is 11.6 Å². The summed E-state index contributed by atoms with van der Waals surface area (Å²) < 4.78 is 0. The first-order valence-corrected chi connectivity index (χ1v) is 6.45. The molecular formula is C11H18ClN5. The number of nitrogens with zero attached hydrogens (tertiary/aromatic N) is 4. The molecule has 6 heteroatoms. The van der Waals surface area contributed by atoms with E-state index >= 15 is 0 Å². The predicted octanol–water partition coefficient (Wildman–Crippen LogP) is 2.19. The van der Waals surface area contributed by atoms with E-state index in [0.717, 1.165) is 25.4 Å². The van der Waals surface area contributed by atoms with Gasteiger partial charge in [-0.25, -0.2) is 0 Å². The Morgan fingerprint density at radius 3 is 2.71 bits per heavy atom. The molecule has 0 unspecified atom stereocenters. The Balaban J connectivity index is 2.17. The average molecular weight is 256 g/mol. The second-order valence-electron chi connectivity index (χ2n) is 4.37. The Labute approximate surface area is 107 Å². The number of halogens is 1. The van der Waals surface area contributed by atoms with Crippen molar-refractivity contribution >= 4 is 23.5 Å². The molecule has 1 N–H and O–H groups in total. The first-order valence-electron chi connectivity index (χ1n) is 6.07. The van der Waals surface area contributed by atoms with Gasteiger partial charge in [0.1, 0.15) is 0 Å². The van der Waals surface area contributed by atoms with Crippen LogP contribution in [-0.2, 0) is 0 Å². The summed E-state index contributed by atoms with van der Waals surface area (Å²) >= 11 is 5.90. The van der Waals surface area contributed by atoms with Gasteiger partial charge < -0.3 is 10.2 Å². The van der Waals surface area contributed by atoms with Crippen molar-refractivity contribution < 1.29 is 0 Å². The van der Waals surface area contributed by atoms with E-state index in [9.17, 15) is 0 Å². The molecule has 1 aliphatic carbocycles. The van der Waals surface area contributed by atoms with Crippen molar-refractivity contribution in [3.63, 3.8) is 0 Å². The number of rotatable bonds is 6. The van der Waals surface area contributed by atoms with E-state index in [1.807, 2.05) is 0 Å². The van der Waals surface area contributed by atoms with Crippen LogP contribution in [0.1, 0.15) is 26.2 Å². The van der Waals surface area contributed by atoms with Crippen LogP contribution in [-0.4, -0.2) is 35.1 Å². The zero-order valence-electron chi connectivity index (χ0n) is 10.3. The molecule has 1 saturated carbocycles. The molecule has 0 atom stereocenters. The second kappa shape index (κ2) is 5.49. The maximum atomic E-state index is 5.90. The Morgan fingerprint density at radius 1 is 1.35 bits per heavy atom. The highest BCUT2D eigenvalue weighted by atomic mass is 35.5. The molecule has 5 nitrogen and oxygen atoms in total. The van der Waals surface area contributed by atoms with E-state index in [2.05, 4.69) is 32.1 Å². The quantitative estimate of drug-likeness (QED) is 0.845. The molecule has 0 aliphatic heterocycles. The lowest BCUT2D eigenvalue weighted by molar-refractivity contribution is 0.686. The molecule has 0 saturated heterocycles. The summed E-state index contributed by atoms with van der Waals surface area (Å²) in [5.41, 5.74) is 0. The maximum absolute atomic E-state index is 5.90. The monoisotopic (exact) mass is 255 g/mol. The summed E-state index contributed by atoms with van der Waals surface area (Å²) in [5, 5.41) is 3.15. The highest BCUT2D eigenvalue weighted by Crippen LogP contribution is 2.31. The molecule has 17 heavy (non-hydrogen) atoms. The average Bonchev–Trinajstić information content (AvgIpc) is 3.11. The zero-order valence-corrected chi connectivity index (χ0v) is 11.0. The largest absolute Gasteiger partial charge is 0.357 e. The molecule has 1 aliphatic rings. The fraction of sp³-hybridized carbons (Fsp3) is 0.727. The van der Waals surface area contributed by atoms with Gasteiger partial charge in [-0.05, 0) is 36.8 Å². The first-order chi connectivity index (χ1) is 8.22. The van der Waals surface area contributed by atoms with Crippen molar-refractivity contribution in [3.05, 3.63) is 5.28 Å². The lowest BCUT2D eigenvalue weighted by Gasteiger charge is -2.22. The number of hydrogen-bond donors (Lipinski definition) is 1. The minimum absolute atomic E-state index is 0.247. The summed E-state index contributed by atoms with van der Waals surface area (Å²) in [6, 6.07) is 0. The van der Waals surface area contributed by atoms with Crippen molar-refractivity contribution in [2.75, 3.05) is 30.4 Å². The van der Waals surface area contributed by atoms with E-state index in [-0.39, 0.29) is 5.28 Å². The Hall–Kier alpha value is -1.10. The fourth-order valence-corrected chi connectivity index (χ4v) is 1.90. The van der Waals surface area contributed by atoms with E-state index in [1.165, 1.54) is 12.8 Å². The number of aromatic nitrogens is 3. The molecule has 1 fully saturated rings. The number of hydrogen-bond acceptors (Lipinski definition) is 5. The van der Waals surface area contributed by atoms with Crippen LogP contribution in [0.15, 0.2) is 0 Å². The van der Waals surface area contributed by atoms with Crippen molar-refractivity contribution in [1.29, 1.82) is 0 Å². The minimum atomic E-state index is 0.247. The van der Waals surface area contributed by atoms with Gasteiger partial charge in [0.15, 0.2) is 0 Å². The summed E-state index contributed by atoms with van der Waals surface area (Å²) in [6.45, 7) is 4.14. The summed E-state index contributed by atoms with van der Waals surface area (Å²) in [7, 11) is 1.78. The van der Waals surface area contributed by atoms with Gasteiger partial charge in [-0.2, -0.15) is 15.0 Å². The van der Waals surface area contributed by atoms with Crippen LogP contribution in [0, 0.1) is 5.92 Å². The van der Waals surface area contributed by atoms with E-state index in [1.54, 1.807) is 7.05 Å². The van der Waals surface area contributed by atoms with Gasteiger partial charge in [-0.3, -0.25) is 0 Å². The van der Waals surface area contributed by atoms with Gasteiger partial charge in [0.25, 0.3) is 0 Å². The number of nitrogens with one attached hydrogen (secondary N) is 1. The van der Waals surface area contributed by atoms with Crippen LogP contribution in [0.25, 0.3) is 0 Å². The zero-order chi connectivity index (χ0) is 12.3. The highest BCUT2D eigenvalue weighted by molar-refractivity contribution is 6.28. The van der Waals surface area contributed by atoms with Gasteiger partial charge in [0.2, 0.25) is 17.2 Å². The Bertz CT molecular complexity index is 380. The summed E-state index contributed by atoms with van der Waals surface area (Å²) in [4.78, 5) is 14.8. The third-order valence-electron chi connectivity index (χ3n) is 2.77. The predicted molar refractivity (Wildman–Crippen MR) is 69.6 cm³/mol. The van der Waals surface area contributed by atoms with Crippen LogP contribution in [0.5, 0.6) is 0 Å². The van der Waals surface area contributed by atoms with Crippen LogP contribution in [0.3, 0.4) is 0 Å². The van der Waals surface area contributed by atoms with Gasteiger partial charge in [-0.15, -0.1) is 0 Å². The number of anilines is 2. The van der Waals surface area contributed by atoms with Crippen LogP contribution >= 0.6 is 11.6 Å². The SMILES string of the molecule is CCCN(CC1CC1)c1nc(Cl)nc(NC)n1. The molecule has 0 radical (unpaired) electrons. The standard InChI is InChI=1S/C11H18ClN5/c1-3-6-17(7-8-4-5-8)11-15-9(12)14-10(13-2)16-11/h8H,3-7H2,1-2H3,(H,13,14,15,16). The maximum Gasteiger partial charge on any atom is 0.231 e. The minimum Gasteiger partial charge on any atom is -0.357 e. The lowest BCUT2D eigenvalue weighted by Crippen LogP contribution is -2.28. The molecule has 1 aromatic heterocycles. The second-order valence-corrected chi connectivity index (χ2v) is 4.71. The smallest absolute Gasteiger partial charge is 0.231 e. The van der Waals surface area contributed by atoms with Crippen molar-refractivity contribution in [1.82, 2.24) is 15.0 Å². The van der Waals surface area contributed by atoms with Crippen LogP contribution < -0.4 is 10.2 Å². The molecule has 94 valence electrons. The Morgan fingerprint density at radius 2 is 2.12 bits per heavy atom. The third kappa shape index (κ3) is 3.43. The summed E-state index contributed by atoms with van der Waals surface area (Å²) in [5.74, 6) is 2.01. The molecule has 2 rings (SSSR count). The first kappa shape index (κ1) is 12.4. The molecule has 0 amide bonds. The van der Waals surface area contributed by atoms with Crippen molar-refractivity contribution in [2.24, 2.45) is 5.92 Å². The van der Waals surface area contributed by atoms with Gasteiger partial charge in [-0.1, -0.05) is 6.92 Å². The van der Waals surface area contributed by atoms with Crippen molar-refractivity contribution in [2.45, 2.75) is 26.2 Å². The topological polar surface area (TPSA) is 53.9 Å². The molecule has 0 bridgehead atoms. The van der Waals surface area contributed by atoms with Gasteiger partial charge in [0.05, 0.1) is 0 Å². The lowest BCUT2D eigenvalue weighted by atomic mass is 10.3. The van der Waals surface area contributed by atoms with E-state index in [0.29, 0.717) is 11.9 Å². The third-order valence-corrected chi connectivity index (χ3v) is 2.94.